The Labute approximate surface area is 110 Å². The second kappa shape index (κ2) is 5.84. The summed E-state index contributed by atoms with van der Waals surface area (Å²) in [5.74, 6) is -0.576. The third-order valence-electron chi connectivity index (χ3n) is 2.78. The molecule has 0 aliphatic carbocycles. The van der Waals surface area contributed by atoms with Crippen LogP contribution in [0.3, 0.4) is 0 Å². The molecule has 6 heteroatoms. The molecular weight excluding hydrogens is 254 g/mol. The molecule has 0 radical (unpaired) electrons. The first-order valence-electron chi connectivity index (χ1n) is 5.76. The third kappa shape index (κ3) is 3.21. The number of hydrogen-bond donors (Lipinski definition) is 3. The van der Waals surface area contributed by atoms with Gasteiger partial charge < -0.3 is 5.32 Å². The Bertz CT molecular complexity index is 441. The number of carbonyl (C=O) groups is 2. The molecule has 5 nitrogen and oxygen atoms in total. The summed E-state index contributed by atoms with van der Waals surface area (Å²) in [5, 5.41) is 3.61. The van der Waals surface area contributed by atoms with E-state index in [1.165, 1.54) is 0 Å². The zero-order chi connectivity index (χ0) is 13.0. The fourth-order valence-electron chi connectivity index (χ4n) is 1.79. The fourth-order valence-corrected chi connectivity index (χ4v) is 1.91. The molecule has 1 unspecified atom stereocenters. The first-order chi connectivity index (χ1) is 8.66. The molecule has 0 bridgehead atoms. The van der Waals surface area contributed by atoms with Gasteiger partial charge in [-0.1, -0.05) is 11.6 Å². The maximum atomic E-state index is 11.7. The number of rotatable bonds is 2. The van der Waals surface area contributed by atoms with Crippen molar-refractivity contribution in [3.63, 3.8) is 0 Å². The van der Waals surface area contributed by atoms with Gasteiger partial charge in [-0.3, -0.25) is 20.4 Å². The van der Waals surface area contributed by atoms with Crippen LogP contribution in [0.25, 0.3) is 0 Å². The van der Waals surface area contributed by atoms with E-state index in [0.717, 1.165) is 19.4 Å². The Morgan fingerprint density at radius 1 is 1.22 bits per heavy atom. The minimum absolute atomic E-state index is 0.212. The minimum atomic E-state index is -0.363. The highest BCUT2D eigenvalue weighted by Crippen LogP contribution is 2.09. The van der Waals surface area contributed by atoms with Crippen LogP contribution in [0.15, 0.2) is 24.3 Å². The Hall–Kier alpha value is -1.59. The quantitative estimate of drug-likeness (QED) is 0.696. The van der Waals surface area contributed by atoms with Gasteiger partial charge in [0, 0.05) is 10.6 Å². The van der Waals surface area contributed by atoms with Crippen molar-refractivity contribution < 1.29 is 9.59 Å². The van der Waals surface area contributed by atoms with Crippen LogP contribution in [0.2, 0.25) is 5.02 Å². The summed E-state index contributed by atoms with van der Waals surface area (Å²) >= 11 is 5.72. The van der Waals surface area contributed by atoms with Gasteiger partial charge in [0.2, 0.25) is 0 Å². The van der Waals surface area contributed by atoms with Crippen LogP contribution < -0.4 is 16.2 Å². The standard InChI is InChI=1S/C12H14ClN3O2/c13-9-5-3-8(4-6-9)11(17)15-16-12(18)10-2-1-7-14-10/h3-6,10,14H,1-2,7H2,(H,15,17)(H,16,18). The first-order valence-corrected chi connectivity index (χ1v) is 6.14. The van der Waals surface area contributed by atoms with Gasteiger partial charge in [-0.05, 0) is 43.7 Å². The summed E-state index contributed by atoms with van der Waals surface area (Å²) in [6, 6.07) is 6.22. The normalized spacial score (nSPS) is 18.4. The fraction of sp³-hybridized carbons (Fsp3) is 0.333. The van der Waals surface area contributed by atoms with Crippen molar-refractivity contribution >= 4 is 23.4 Å². The van der Waals surface area contributed by atoms with Gasteiger partial charge >= 0.3 is 0 Å². The molecule has 0 saturated carbocycles. The van der Waals surface area contributed by atoms with Crippen LogP contribution in [0, 0.1) is 0 Å². The van der Waals surface area contributed by atoms with E-state index in [1.54, 1.807) is 24.3 Å². The van der Waals surface area contributed by atoms with Crippen LogP contribution in [0.5, 0.6) is 0 Å². The zero-order valence-electron chi connectivity index (χ0n) is 9.70. The first kappa shape index (κ1) is 12.9. The molecule has 0 aromatic heterocycles. The van der Waals surface area contributed by atoms with Gasteiger partial charge in [-0.15, -0.1) is 0 Å². The Morgan fingerprint density at radius 3 is 2.56 bits per heavy atom. The van der Waals surface area contributed by atoms with Crippen molar-refractivity contribution in [3.05, 3.63) is 34.9 Å². The number of hydrogen-bond acceptors (Lipinski definition) is 3. The van der Waals surface area contributed by atoms with E-state index < -0.39 is 0 Å². The summed E-state index contributed by atoms with van der Waals surface area (Å²) in [4.78, 5) is 23.3. The number of carbonyl (C=O) groups excluding carboxylic acids is 2. The highest BCUT2D eigenvalue weighted by Gasteiger charge is 2.22. The van der Waals surface area contributed by atoms with Crippen LogP contribution in [-0.4, -0.2) is 24.4 Å². The summed E-state index contributed by atoms with van der Waals surface area (Å²) < 4.78 is 0. The highest BCUT2D eigenvalue weighted by molar-refractivity contribution is 6.30. The van der Waals surface area contributed by atoms with Crippen LogP contribution in [0.1, 0.15) is 23.2 Å². The summed E-state index contributed by atoms with van der Waals surface area (Å²) in [6.07, 6.45) is 1.77. The topological polar surface area (TPSA) is 70.2 Å². The van der Waals surface area contributed by atoms with E-state index in [0.29, 0.717) is 10.6 Å². The average Bonchev–Trinajstić information content (AvgIpc) is 2.90. The average molecular weight is 268 g/mol. The number of hydrazine groups is 1. The molecule has 96 valence electrons. The summed E-state index contributed by atoms with van der Waals surface area (Å²) in [6.45, 7) is 0.837. The lowest BCUT2D eigenvalue weighted by atomic mass is 10.2. The molecule has 1 atom stereocenters. The highest BCUT2D eigenvalue weighted by atomic mass is 35.5. The van der Waals surface area contributed by atoms with E-state index in [9.17, 15) is 9.59 Å². The molecule has 1 heterocycles. The Morgan fingerprint density at radius 2 is 1.94 bits per heavy atom. The van der Waals surface area contributed by atoms with Crippen LogP contribution in [-0.2, 0) is 4.79 Å². The van der Waals surface area contributed by atoms with Gasteiger partial charge in [-0.25, -0.2) is 0 Å². The molecule has 2 amide bonds. The van der Waals surface area contributed by atoms with Gasteiger partial charge in [0.05, 0.1) is 6.04 Å². The third-order valence-corrected chi connectivity index (χ3v) is 3.03. The molecule has 1 aromatic carbocycles. The van der Waals surface area contributed by atoms with Gasteiger partial charge in [0.15, 0.2) is 0 Å². The van der Waals surface area contributed by atoms with E-state index in [2.05, 4.69) is 16.2 Å². The molecule has 0 spiro atoms. The SMILES string of the molecule is O=C(NNC(=O)C1CCCN1)c1ccc(Cl)cc1. The smallest absolute Gasteiger partial charge is 0.269 e. The van der Waals surface area contributed by atoms with E-state index in [-0.39, 0.29) is 17.9 Å². The summed E-state index contributed by atoms with van der Waals surface area (Å²) in [7, 11) is 0. The lowest BCUT2D eigenvalue weighted by molar-refractivity contribution is -0.123. The molecule has 1 aromatic rings. The van der Waals surface area contributed by atoms with Crippen LogP contribution in [0.4, 0.5) is 0 Å². The molecule has 1 aliphatic rings. The van der Waals surface area contributed by atoms with Gasteiger partial charge in [0.25, 0.3) is 11.8 Å². The van der Waals surface area contributed by atoms with Crippen molar-refractivity contribution in [2.45, 2.75) is 18.9 Å². The maximum Gasteiger partial charge on any atom is 0.269 e. The lowest BCUT2D eigenvalue weighted by Crippen LogP contribution is -2.49. The maximum absolute atomic E-state index is 11.7. The van der Waals surface area contributed by atoms with Crippen LogP contribution >= 0.6 is 11.6 Å². The van der Waals surface area contributed by atoms with Crippen molar-refractivity contribution in [1.82, 2.24) is 16.2 Å². The molecule has 1 aliphatic heterocycles. The Kier molecular flexibility index (Phi) is 4.17. The van der Waals surface area contributed by atoms with Crippen molar-refractivity contribution in [3.8, 4) is 0 Å². The summed E-state index contributed by atoms with van der Waals surface area (Å²) in [5.41, 5.74) is 5.22. The predicted octanol–water partition coefficient (Wildman–Crippen LogP) is 0.853. The lowest BCUT2D eigenvalue weighted by Gasteiger charge is -2.11. The van der Waals surface area contributed by atoms with Crippen molar-refractivity contribution in [2.75, 3.05) is 6.54 Å². The largest absolute Gasteiger partial charge is 0.306 e. The molecule has 2 rings (SSSR count). The second-order valence-electron chi connectivity index (χ2n) is 4.10. The van der Waals surface area contributed by atoms with E-state index >= 15 is 0 Å². The molecular formula is C12H14ClN3O2. The number of benzene rings is 1. The van der Waals surface area contributed by atoms with Gasteiger partial charge in [0.1, 0.15) is 0 Å². The molecule has 3 N–H and O–H groups in total. The monoisotopic (exact) mass is 267 g/mol. The molecule has 18 heavy (non-hydrogen) atoms. The predicted molar refractivity (Wildman–Crippen MR) is 68.1 cm³/mol. The van der Waals surface area contributed by atoms with Crippen molar-refractivity contribution in [1.29, 1.82) is 0 Å². The second-order valence-corrected chi connectivity index (χ2v) is 4.54. The minimum Gasteiger partial charge on any atom is -0.306 e. The van der Waals surface area contributed by atoms with Crippen molar-refractivity contribution in [2.24, 2.45) is 0 Å². The van der Waals surface area contributed by atoms with Gasteiger partial charge in [-0.2, -0.15) is 0 Å². The number of nitrogens with one attached hydrogen (secondary N) is 3. The number of amides is 2. The molecule has 1 fully saturated rings. The zero-order valence-corrected chi connectivity index (χ0v) is 10.5. The van der Waals surface area contributed by atoms with E-state index in [1.807, 2.05) is 0 Å². The Balaban J connectivity index is 1.84. The molecule has 1 saturated heterocycles. The number of halogens is 1. The van der Waals surface area contributed by atoms with E-state index in [4.69, 9.17) is 11.6 Å².